The van der Waals surface area contributed by atoms with E-state index in [2.05, 4.69) is 51.5 Å². The zero-order valence-electron chi connectivity index (χ0n) is 12.2. The van der Waals surface area contributed by atoms with Gasteiger partial charge in [0.05, 0.1) is 5.69 Å². The minimum atomic E-state index is 0.842. The molecule has 3 heterocycles. The molecule has 0 saturated heterocycles. The second-order valence-electron chi connectivity index (χ2n) is 5.12. The maximum Gasteiger partial charge on any atom is 0.235 e. The number of aryl methyl sites for hydroxylation is 1. The lowest BCUT2D eigenvalue weighted by atomic mass is 10.2. The summed E-state index contributed by atoms with van der Waals surface area (Å²) in [4.78, 5) is 4.28. The Morgan fingerprint density at radius 2 is 1.86 bits per heavy atom. The molecule has 0 radical (unpaired) electrons. The first-order chi connectivity index (χ1) is 10.8. The number of H-pyrrole nitrogens is 1. The normalized spacial score (nSPS) is 11.3. The average Bonchev–Trinajstić information content (AvgIpc) is 3.24. The Labute approximate surface area is 131 Å². The van der Waals surface area contributed by atoms with Crippen LogP contribution in [0.5, 0.6) is 0 Å². The first kappa shape index (κ1) is 13.2. The Morgan fingerprint density at radius 1 is 1.05 bits per heavy atom. The predicted molar refractivity (Wildman–Crippen MR) is 87.9 cm³/mol. The molecule has 0 saturated carbocycles. The van der Waals surface area contributed by atoms with Crippen LogP contribution in [-0.2, 0) is 6.42 Å². The molecule has 22 heavy (non-hydrogen) atoms. The van der Waals surface area contributed by atoms with Crippen molar-refractivity contribution in [3.63, 3.8) is 0 Å². The Bertz CT molecular complexity index is 903. The Morgan fingerprint density at radius 3 is 2.68 bits per heavy atom. The Kier molecular flexibility index (Phi) is 3.23. The second kappa shape index (κ2) is 5.38. The monoisotopic (exact) mass is 309 g/mol. The summed E-state index contributed by atoms with van der Waals surface area (Å²) in [6.45, 7) is 2.13. The second-order valence-corrected chi connectivity index (χ2v) is 6.08. The van der Waals surface area contributed by atoms with Crippen molar-refractivity contribution in [3.05, 3.63) is 48.3 Å². The van der Waals surface area contributed by atoms with E-state index in [0.29, 0.717) is 0 Å². The molecular weight excluding hydrogens is 294 g/mol. The lowest BCUT2D eigenvalue weighted by Gasteiger charge is -1.96. The molecule has 0 atom stereocenters. The SMILES string of the molecule is CCCc1nnc2sc(-c3ccc(-c4ccccc4)[nH]3)nn12. The van der Waals surface area contributed by atoms with E-state index < -0.39 is 0 Å². The fraction of sp³-hybridized carbons (Fsp3) is 0.188. The largest absolute Gasteiger partial charge is 0.353 e. The van der Waals surface area contributed by atoms with Crippen molar-refractivity contribution >= 4 is 16.3 Å². The van der Waals surface area contributed by atoms with Gasteiger partial charge in [0.1, 0.15) is 0 Å². The standard InChI is InChI=1S/C16H15N5S/c1-2-6-14-18-19-16-21(14)20-15(22-16)13-10-9-12(17-13)11-7-4-3-5-8-11/h3-5,7-10,17H,2,6H2,1H3. The van der Waals surface area contributed by atoms with Gasteiger partial charge in [-0.15, -0.1) is 10.2 Å². The lowest BCUT2D eigenvalue weighted by Crippen LogP contribution is -1.95. The maximum absolute atomic E-state index is 4.65. The molecule has 0 fully saturated rings. The van der Waals surface area contributed by atoms with Gasteiger partial charge in [0, 0.05) is 12.1 Å². The van der Waals surface area contributed by atoms with Crippen LogP contribution in [0.4, 0.5) is 0 Å². The molecule has 3 aromatic heterocycles. The molecule has 6 heteroatoms. The first-order valence-corrected chi connectivity index (χ1v) is 8.12. The van der Waals surface area contributed by atoms with Gasteiger partial charge in [0.2, 0.25) is 4.96 Å². The van der Waals surface area contributed by atoms with Crippen molar-refractivity contribution < 1.29 is 0 Å². The van der Waals surface area contributed by atoms with Crippen LogP contribution < -0.4 is 0 Å². The number of aromatic amines is 1. The van der Waals surface area contributed by atoms with Crippen LogP contribution in [0.2, 0.25) is 0 Å². The highest BCUT2D eigenvalue weighted by atomic mass is 32.1. The van der Waals surface area contributed by atoms with Gasteiger partial charge < -0.3 is 4.98 Å². The molecule has 0 aliphatic carbocycles. The maximum atomic E-state index is 4.65. The Hall–Kier alpha value is -2.47. The average molecular weight is 309 g/mol. The molecule has 0 spiro atoms. The van der Waals surface area contributed by atoms with Crippen molar-refractivity contribution in [1.82, 2.24) is 24.8 Å². The molecule has 1 aromatic carbocycles. The minimum absolute atomic E-state index is 0.842. The summed E-state index contributed by atoms with van der Waals surface area (Å²) < 4.78 is 1.85. The summed E-state index contributed by atoms with van der Waals surface area (Å²) in [6.07, 6.45) is 1.93. The molecule has 0 unspecified atom stereocenters. The van der Waals surface area contributed by atoms with Crippen LogP contribution >= 0.6 is 11.3 Å². The summed E-state index contributed by atoms with van der Waals surface area (Å²) in [7, 11) is 0. The third kappa shape index (κ3) is 2.21. The summed E-state index contributed by atoms with van der Waals surface area (Å²) >= 11 is 1.55. The highest BCUT2D eigenvalue weighted by Gasteiger charge is 2.13. The Balaban J connectivity index is 1.72. The molecule has 5 nitrogen and oxygen atoms in total. The van der Waals surface area contributed by atoms with Crippen molar-refractivity contribution in [2.75, 3.05) is 0 Å². The minimum Gasteiger partial charge on any atom is -0.353 e. The number of hydrogen-bond acceptors (Lipinski definition) is 4. The van der Waals surface area contributed by atoms with Crippen molar-refractivity contribution in [3.8, 4) is 22.0 Å². The van der Waals surface area contributed by atoms with Crippen LogP contribution in [0.3, 0.4) is 0 Å². The zero-order chi connectivity index (χ0) is 14.9. The topological polar surface area (TPSA) is 58.9 Å². The number of fused-ring (bicyclic) bond motifs is 1. The van der Waals surface area contributed by atoms with E-state index in [9.17, 15) is 0 Å². The third-order valence-corrected chi connectivity index (χ3v) is 4.46. The van der Waals surface area contributed by atoms with Gasteiger partial charge in [0.15, 0.2) is 10.8 Å². The predicted octanol–water partition coefficient (Wildman–Crippen LogP) is 3.80. The molecule has 1 N–H and O–H groups in total. The fourth-order valence-electron chi connectivity index (χ4n) is 2.45. The molecular formula is C16H15N5S. The third-order valence-electron chi connectivity index (χ3n) is 3.53. The summed E-state index contributed by atoms with van der Waals surface area (Å²) in [5.74, 6) is 0.926. The van der Waals surface area contributed by atoms with Gasteiger partial charge in [-0.25, -0.2) is 0 Å². The van der Waals surface area contributed by atoms with Gasteiger partial charge in [-0.3, -0.25) is 0 Å². The summed E-state index contributed by atoms with van der Waals surface area (Å²) in [5.41, 5.74) is 3.27. The molecule has 0 aliphatic heterocycles. The van der Waals surface area contributed by atoms with Gasteiger partial charge in [-0.2, -0.15) is 9.61 Å². The molecule has 4 rings (SSSR count). The summed E-state index contributed by atoms with van der Waals surface area (Å²) in [5, 5.41) is 14.0. The highest BCUT2D eigenvalue weighted by Crippen LogP contribution is 2.28. The number of rotatable bonds is 4. The van der Waals surface area contributed by atoms with Crippen LogP contribution in [-0.4, -0.2) is 24.8 Å². The smallest absolute Gasteiger partial charge is 0.235 e. The fourth-order valence-corrected chi connectivity index (χ4v) is 3.29. The first-order valence-electron chi connectivity index (χ1n) is 7.31. The van der Waals surface area contributed by atoms with Gasteiger partial charge in [-0.05, 0) is 24.1 Å². The zero-order valence-corrected chi connectivity index (χ0v) is 13.0. The van der Waals surface area contributed by atoms with Crippen molar-refractivity contribution in [2.45, 2.75) is 19.8 Å². The van der Waals surface area contributed by atoms with Gasteiger partial charge in [0.25, 0.3) is 0 Å². The van der Waals surface area contributed by atoms with E-state index >= 15 is 0 Å². The number of nitrogens with one attached hydrogen (secondary N) is 1. The van der Waals surface area contributed by atoms with Crippen LogP contribution in [0.1, 0.15) is 19.2 Å². The van der Waals surface area contributed by atoms with Crippen molar-refractivity contribution in [2.24, 2.45) is 0 Å². The highest BCUT2D eigenvalue weighted by molar-refractivity contribution is 7.19. The van der Waals surface area contributed by atoms with Gasteiger partial charge in [-0.1, -0.05) is 48.6 Å². The molecule has 0 bridgehead atoms. The summed E-state index contributed by atoms with van der Waals surface area (Å²) in [6, 6.07) is 14.4. The van der Waals surface area contributed by atoms with Crippen LogP contribution in [0, 0.1) is 0 Å². The van der Waals surface area contributed by atoms with Crippen LogP contribution in [0.25, 0.3) is 26.9 Å². The molecule has 4 aromatic rings. The van der Waals surface area contributed by atoms with E-state index in [1.807, 2.05) is 22.7 Å². The number of nitrogens with zero attached hydrogens (tertiary/aromatic N) is 4. The van der Waals surface area contributed by atoms with E-state index in [-0.39, 0.29) is 0 Å². The van der Waals surface area contributed by atoms with E-state index in [4.69, 9.17) is 0 Å². The van der Waals surface area contributed by atoms with Gasteiger partial charge >= 0.3 is 0 Å². The number of benzene rings is 1. The molecule has 0 amide bonds. The number of aromatic nitrogens is 5. The lowest BCUT2D eigenvalue weighted by molar-refractivity contribution is 0.778. The number of hydrogen-bond donors (Lipinski definition) is 1. The molecule has 110 valence electrons. The quantitative estimate of drug-likeness (QED) is 0.624. The van der Waals surface area contributed by atoms with E-state index in [1.165, 1.54) is 5.56 Å². The van der Waals surface area contributed by atoms with E-state index in [1.54, 1.807) is 11.3 Å². The van der Waals surface area contributed by atoms with Crippen molar-refractivity contribution in [1.29, 1.82) is 0 Å². The van der Waals surface area contributed by atoms with E-state index in [0.717, 1.165) is 40.0 Å². The van der Waals surface area contributed by atoms with Crippen LogP contribution in [0.15, 0.2) is 42.5 Å². The molecule has 0 aliphatic rings.